The van der Waals surface area contributed by atoms with Gasteiger partial charge in [-0.2, -0.15) is 0 Å². The zero-order valence-corrected chi connectivity index (χ0v) is 10.4. The number of urea groups is 1. The van der Waals surface area contributed by atoms with Gasteiger partial charge in [0.2, 0.25) is 0 Å². The van der Waals surface area contributed by atoms with E-state index in [0.29, 0.717) is 12.5 Å². The van der Waals surface area contributed by atoms with Crippen LogP contribution in [0.4, 0.5) is 10.5 Å². The molecule has 0 aliphatic heterocycles. The topological polar surface area (TPSA) is 41.1 Å². The minimum atomic E-state index is -0.137. The highest BCUT2D eigenvalue weighted by molar-refractivity contribution is 5.90. The Bertz CT molecular complexity index is 372. The lowest BCUT2D eigenvalue weighted by Crippen LogP contribution is -2.31. The summed E-state index contributed by atoms with van der Waals surface area (Å²) in [7, 11) is 0. The fourth-order valence-electron chi connectivity index (χ4n) is 1.35. The van der Waals surface area contributed by atoms with Crippen molar-refractivity contribution in [2.75, 3.05) is 11.9 Å². The number of amides is 2. The summed E-state index contributed by atoms with van der Waals surface area (Å²) in [5.41, 5.74) is 3.17. The van der Waals surface area contributed by atoms with E-state index in [1.54, 1.807) is 0 Å². The van der Waals surface area contributed by atoms with Crippen molar-refractivity contribution < 1.29 is 4.79 Å². The summed E-state index contributed by atoms with van der Waals surface area (Å²) in [6.45, 7) is 8.87. The third-order valence-corrected chi connectivity index (χ3v) is 2.52. The zero-order valence-electron chi connectivity index (χ0n) is 10.4. The summed E-state index contributed by atoms with van der Waals surface area (Å²) in [4.78, 5) is 11.6. The molecule has 3 heteroatoms. The van der Waals surface area contributed by atoms with Gasteiger partial charge in [0.1, 0.15) is 0 Å². The molecule has 0 bridgehead atoms. The monoisotopic (exact) mass is 220 g/mol. The van der Waals surface area contributed by atoms with E-state index in [2.05, 4.69) is 24.5 Å². The fourth-order valence-corrected chi connectivity index (χ4v) is 1.35. The molecule has 88 valence electrons. The molecule has 1 aromatic carbocycles. The van der Waals surface area contributed by atoms with Gasteiger partial charge in [0, 0.05) is 12.2 Å². The van der Waals surface area contributed by atoms with Crippen LogP contribution in [0.15, 0.2) is 18.2 Å². The molecular formula is C13H20N2O. The molecule has 16 heavy (non-hydrogen) atoms. The van der Waals surface area contributed by atoms with E-state index in [0.717, 1.165) is 11.3 Å². The molecule has 0 aliphatic carbocycles. The van der Waals surface area contributed by atoms with Crippen molar-refractivity contribution in [1.29, 1.82) is 0 Å². The summed E-state index contributed by atoms with van der Waals surface area (Å²) < 4.78 is 0. The number of benzene rings is 1. The number of hydrogen-bond donors (Lipinski definition) is 2. The smallest absolute Gasteiger partial charge is 0.319 e. The van der Waals surface area contributed by atoms with Gasteiger partial charge >= 0.3 is 6.03 Å². The predicted octanol–water partition coefficient (Wildman–Crippen LogP) is 3.08. The molecule has 2 N–H and O–H groups in total. The van der Waals surface area contributed by atoms with E-state index in [4.69, 9.17) is 0 Å². The minimum Gasteiger partial charge on any atom is -0.338 e. The Kier molecular flexibility index (Phi) is 4.35. The second kappa shape index (κ2) is 5.54. The maximum absolute atomic E-state index is 11.6. The van der Waals surface area contributed by atoms with Gasteiger partial charge in [0.15, 0.2) is 0 Å². The van der Waals surface area contributed by atoms with E-state index in [1.807, 2.05) is 32.0 Å². The molecule has 0 fully saturated rings. The van der Waals surface area contributed by atoms with E-state index < -0.39 is 0 Å². The van der Waals surface area contributed by atoms with Crippen molar-refractivity contribution in [2.24, 2.45) is 5.92 Å². The predicted molar refractivity (Wildman–Crippen MR) is 67.8 cm³/mol. The van der Waals surface area contributed by atoms with Gasteiger partial charge in [-0.15, -0.1) is 0 Å². The first-order chi connectivity index (χ1) is 7.50. The van der Waals surface area contributed by atoms with Gasteiger partial charge in [-0.25, -0.2) is 4.79 Å². The Morgan fingerprint density at radius 2 is 2.00 bits per heavy atom. The third kappa shape index (κ3) is 3.57. The molecule has 0 radical (unpaired) electrons. The lowest BCUT2D eigenvalue weighted by molar-refractivity contribution is 0.251. The SMILES string of the molecule is Cc1cccc(NC(=O)NCC(C)C)c1C. The highest BCUT2D eigenvalue weighted by Gasteiger charge is 2.05. The second-order valence-corrected chi connectivity index (χ2v) is 4.48. The van der Waals surface area contributed by atoms with Gasteiger partial charge in [0.05, 0.1) is 0 Å². The maximum Gasteiger partial charge on any atom is 0.319 e. The van der Waals surface area contributed by atoms with Crippen LogP contribution in [0.3, 0.4) is 0 Å². The lowest BCUT2D eigenvalue weighted by atomic mass is 10.1. The Morgan fingerprint density at radius 1 is 1.31 bits per heavy atom. The van der Waals surface area contributed by atoms with Gasteiger partial charge in [0.25, 0.3) is 0 Å². The van der Waals surface area contributed by atoms with E-state index >= 15 is 0 Å². The fraction of sp³-hybridized carbons (Fsp3) is 0.462. The van der Waals surface area contributed by atoms with E-state index in [9.17, 15) is 4.79 Å². The van der Waals surface area contributed by atoms with Crippen LogP contribution >= 0.6 is 0 Å². The van der Waals surface area contributed by atoms with Crippen LogP contribution in [-0.2, 0) is 0 Å². The quantitative estimate of drug-likeness (QED) is 0.807. The summed E-state index contributed by atoms with van der Waals surface area (Å²) in [6.07, 6.45) is 0. The lowest BCUT2D eigenvalue weighted by Gasteiger charge is -2.12. The van der Waals surface area contributed by atoms with Crippen molar-refractivity contribution in [3.8, 4) is 0 Å². The molecule has 0 heterocycles. The van der Waals surface area contributed by atoms with E-state index in [1.165, 1.54) is 5.56 Å². The number of carbonyl (C=O) groups excluding carboxylic acids is 1. The molecule has 0 aromatic heterocycles. The summed E-state index contributed by atoms with van der Waals surface area (Å²) in [5.74, 6) is 0.462. The molecule has 0 saturated heterocycles. The van der Waals surface area contributed by atoms with Crippen LogP contribution in [0.1, 0.15) is 25.0 Å². The molecular weight excluding hydrogens is 200 g/mol. The molecule has 0 aliphatic rings. The average Bonchev–Trinajstić information content (AvgIpc) is 2.22. The molecule has 2 amide bonds. The zero-order chi connectivity index (χ0) is 12.1. The Labute approximate surface area is 97.2 Å². The summed E-state index contributed by atoms with van der Waals surface area (Å²) >= 11 is 0. The van der Waals surface area contributed by atoms with Crippen molar-refractivity contribution in [2.45, 2.75) is 27.7 Å². The number of hydrogen-bond acceptors (Lipinski definition) is 1. The van der Waals surface area contributed by atoms with Gasteiger partial charge in [-0.1, -0.05) is 26.0 Å². The average molecular weight is 220 g/mol. The second-order valence-electron chi connectivity index (χ2n) is 4.48. The standard InChI is InChI=1S/C13H20N2O/c1-9(2)8-14-13(16)15-12-7-5-6-10(3)11(12)4/h5-7,9H,8H2,1-4H3,(H2,14,15,16). The van der Waals surface area contributed by atoms with Crippen LogP contribution in [0.25, 0.3) is 0 Å². The Morgan fingerprint density at radius 3 is 2.62 bits per heavy atom. The number of aryl methyl sites for hydroxylation is 1. The molecule has 0 saturated carbocycles. The van der Waals surface area contributed by atoms with Crippen molar-refractivity contribution in [3.63, 3.8) is 0 Å². The third-order valence-electron chi connectivity index (χ3n) is 2.52. The normalized spacial score (nSPS) is 10.3. The van der Waals surface area contributed by atoms with Gasteiger partial charge in [-0.3, -0.25) is 0 Å². The summed E-state index contributed by atoms with van der Waals surface area (Å²) in [6, 6.07) is 5.76. The minimum absolute atomic E-state index is 0.137. The van der Waals surface area contributed by atoms with Gasteiger partial charge < -0.3 is 10.6 Å². The first-order valence-electron chi connectivity index (χ1n) is 5.61. The van der Waals surface area contributed by atoms with Crippen molar-refractivity contribution in [3.05, 3.63) is 29.3 Å². The first-order valence-corrected chi connectivity index (χ1v) is 5.61. The number of rotatable bonds is 3. The highest BCUT2D eigenvalue weighted by atomic mass is 16.2. The van der Waals surface area contributed by atoms with Gasteiger partial charge in [-0.05, 0) is 37.0 Å². The number of nitrogens with one attached hydrogen (secondary N) is 2. The molecule has 1 rings (SSSR count). The largest absolute Gasteiger partial charge is 0.338 e. The van der Waals surface area contributed by atoms with Crippen molar-refractivity contribution in [1.82, 2.24) is 5.32 Å². The number of carbonyl (C=O) groups is 1. The highest BCUT2D eigenvalue weighted by Crippen LogP contribution is 2.17. The van der Waals surface area contributed by atoms with Crippen LogP contribution in [-0.4, -0.2) is 12.6 Å². The van der Waals surface area contributed by atoms with Crippen LogP contribution < -0.4 is 10.6 Å². The molecule has 0 spiro atoms. The molecule has 3 nitrogen and oxygen atoms in total. The summed E-state index contributed by atoms with van der Waals surface area (Å²) in [5, 5.41) is 5.68. The molecule has 0 unspecified atom stereocenters. The van der Waals surface area contributed by atoms with Crippen LogP contribution in [0.2, 0.25) is 0 Å². The maximum atomic E-state index is 11.6. The molecule has 1 aromatic rings. The Hall–Kier alpha value is -1.51. The first kappa shape index (κ1) is 12.6. The van der Waals surface area contributed by atoms with E-state index in [-0.39, 0.29) is 6.03 Å². The number of anilines is 1. The van der Waals surface area contributed by atoms with Crippen molar-refractivity contribution >= 4 is 11.7 Å². The van der Waals surface area contributed by atoms with Crippen LogP contribution in [0.5, 0.6) is 0 Å². The Balaban J connectivity index is 2.59. The van der Waals surface area contributed by atoms with Crippen LogP contribution in [0, 0.1) is 19.8 Å². The molecule has 0 atom stereocenters.